The summed E-state index contributed by atoms with van der Waals surface area (Å²) in [4.78, 5) is 36.8. The number of fused-ring (bicyclic) bond motifs is 3. The van der Waals surface area contributed by atoms with E-state index in [9.17, 15) is 14.9 Å². The molecule has 2 bridgehead atoms. The first-order valence-corrected chi connectivity index (χ1v) is 12.0. The van der Waals surface area contributed by atoms with E-state index in [1.807, 2.05) is 41.0 Å². The molecule has 1 saturated carbocycles. The average molecular weight is 473 g/mol. The molecule has 0 radical (unpaired) electrons. The minimum absolute atomic E-state index is 0.0662. The van der Waals surface area contributed by atoms with Crippen LogP contribution in [0.3, 0.4) is 0 Å². The van der Waals surface area contributed by atoms with E-state index < -0.39 is 6.04 Å². The van der Waals surface area contributed by atoms with Crippen LogP contribution in [0.25, 0.3) is 0 Å². The fraction of sp³-hybridized carbons (Fsp3) is 0.591. The SMILES string of the molecule is C[C@H](c1ccc(SOON)cc1)N1C(=O)[C@@H]2C[C@H]1CN2C[C@H](N)C(=O)N1C2C[C@H]2C[C@H]1C#N. The van der Waals surface area contributed by atoms with E-state index in [0.29, 0.717) is 19.0 Å². The third kappa shape index (κ3) is 4.01. The number of carbonyl (C=O) groups excluding carboxylic acids is 2. The summed E-state index contributed by atoms with van der Waals surface area (Å²) in [5.41, 5.74) is 7.32. The first kappa shape index (κ1) is 22.6. The molecule has 1 unspecified atom stereocenters. The molecule has 11 heteroatoms. The highest BCUT2D eigenvalue weighted by atomic mass is 32.2. The molecule has 5 rings (SSSR count). The maximum absolute atomic E-state index is 13.2. The molecule has 4 fully saturated rings. The summed E-state index contributed by atoms with van der Waals surface area (Å²) in [6.45, 7) is 3.07. The van der Waals surface area contributed by atoms with Gasteiger partial charge in [0.2, 0.25) is 11.8 Å². The molecule has 3 aliphatic heterocycles. The highest BCUT2D eigenvalue weighted by molar-refractivity contribution is 7.94. The molecule has 3 saturated heterocycles. The summed E-state index contributed by atoms with van der Waals surface area (Å²) >= 11 is 1.01. The molecule has 1 aromatic carbocycles. The first-order chi connectivity index (χ1) is 15.9. The van der Waals surface area contributed by atoms with Gasteiger partial charge in [-0.1, -0.05) is 12.1 Å². The zero-order valence-electron chi connectivity index (χ0n) is 18.4. The van der Waals surface area contributed by atoms with Crippen LogP contribution in [0.4, 0.5) is 0 Å². The lowest BCUT2D eigenvalue weighted by molar-refractivity contribution is -0.195. The van der Waals surface area contributed by atoms with E-state index in [-0.39, 0.29) is 42.0 Å². The van der Waals surface area contributed by atoms with Gasteiger partial charge in [0.1, 0.15) is 6.04 Å². The second kappa shape index (κ2) is 8.87. The van der Waals surface area contributed by atoms with Crippen molar-refractivity contribution in [2.24, 2.45) is 17.5 Å². The third-order valence-corrected chi connectivity index (χ3v) is 8.13. The fourth-order valence-corrected chi connectivity index (χ4v) is 6.20. The van der Waals surface area contributed by atoms with E-state index in [1.54, 1.807) is 4.90 Å². The Morgan fingerprint density at radius 2 is 2.06 bits per heavy atom. The predicted molar refractivity (Wildman–Crippen MR) is 118 cm³/mol. The van der Waals surface area contributed by atoms with E-state index in [0.717, 1.165) is 41.8 Å². The number of nitriles is 1. The number of carbonyl (C=O) groups is 2. The summed E-state index contributed by atoms with van der Waals surface area (Å²) in [5.74, 6) is 5.24. The minimum Gasteiger partial charge on any atom is -0.330 e. The van der Waals surface area contributed by atoms with Crippen molar-refractivity contribution in [3.8, 4) is 6.07 Å². The van der Waals surface area contributed by atoms with Gasteiger partial charge in [-0.05, 0) is 49.8 Å². The highest BCUT2D eigenvalue weighted by Crippen LogP contribution is 2.48. The topological polar surface area (TPSA) is 138 Å². The van der Waals surface area contributed by atoms with Gasteiger partial charge in [0, 0.05) is 30.1 Å². The van der Waals surface area contributed by atoms with Gasteiger partial charge in [-0.3, -0.25) is 14.5 Å². The van der Waals surface area contributed by atoms with Crippen LogP contribution in [0, 0.1) is 17.2 Å². The van der Waals surface area contributed by atoms with Crippen LogP contribution >= 0.6 is 12.0 Å². The number of hydrogen-bond acceptors (Lipinski definition) is 9. The second-order valence-corrected chi connectivity index (χ2v) is 10.2. The Morgan fingerprint density at radius 3 is 2.73 bits per heavy atom. The number of piperazine rings is 1. The van der Waals surface area contributed by atoms with E-state index in [2.05, 4.69) is 15.4 Å². The van der Waals surface area contributed by atoms with Crippen LogP contribution in [-0.4, -0.2) is 69.8 Å². The van der Waals surface area contributed by atoms with Crippen molar-refractivity contribution in [2.75, 3.05) is 13.1 Å². The van der Waals surface area contributed by atoms with Crippen molar-refractivity contribution in [1.29, 1.82) is 5.26 Å². The average Bonchev–Trinajstić information content (AvgIpc) is 3.15. The van der Waals surface area contributed by atoms with Crippen LogP contribution in [0.5, 0.6) is 0 Å². The van der Waals surface area contributed by atoms with E-state index in [1.165, 1.54) is 0 Å². The Labute approximate surface area is 196 Å². The van der Waals surface area contributed by atoms with Gasteiger partial charge in [-0.2, -0.15) is 11.2 Å². The smallest absolute Gasteiger partial charge is 0.242 e. The van der Waals surface area contributed by atoms with Crippen molar-refractivity contribution >= 4 is 23.9 Å². The number of piperidine rings is 1. The number of benzene rings is 1. The Morgan fingerprint density at radius 1 is 1.30 bits per heavy atom. The van der Waals surface area contributed by atoms with Crippen LogP contribution in [-0.2, 0) is 18.9 Å². The molecule has 4 N–H and O–H groups in total. The maximum atomic E-state index is 13.2. The van der Waals surface area contributed by atoms with Gasteiger partial charge in [-0.15, -0.1) is 9.32 Å². The van der Waals surface area contributed by atoms with E-state index in [4.69, 9.17) is 11.6 Å². The lowest BCUT2D eigenvalue weighted by atomic mass is 10.1. The maximum Gasteiger partial charge on any atom is 0.242 e. The van der Waals surface area contributed by atoms with E-state index >= 15 is 0 Å². The van der Waals surface area contributed by atoms with Gasteiger partial charge < -0.3 is 15.5 Å². The summed E-state index contributed by atoms with van der Waals surface area (Å²) in [7, 11) is 0. The molecular formula is C22H28N6O4S. The van der Waals surface area contributed by atoms with Gasteiger partial charge >= 0.3 is 0 Å². The monoisotopic (exact) mass is 472 g/mol. The number of likely N-dealkylation sites (tertiary alicyclic amines) is 3. The van der Waals surface area contributed by atoms with Crippen molar-refractivity contribution in [3.05, 3.63) is 29.8 Å². The molecule has 10 nitrogen and oxygen atoms in total. The van der Waals surface area contributed by atoms with Gasteiger partial charge in [0.25, 0.3) is 0 Å². The lowest BCUT2D eigenvalue weighted by Crippen LogP contribution is -2.57. The van der Waals surface area contributed by atoms with Crippen molar-refractivity contribution < 1.29 is 18.9 Å². The summed E-state index contributed by atoms with van der Waals surface area (Å²) in [6.07, 6.45) is 2.48. The molecule has 1 aromatic rings. The molecule has 7 atom stereocenters. The summed E-state index contributed by atoms with van der Waals surface area (Å²) in [6, 6.07) is 8.83. The Hall–Kier alpha value is -2.20. The molecule has 1 aliphatic carbocycles. The molecule has 2 amide bonds. The molecule has 0 aromatic heterocycles. The molecule has 33 heavy (non-hydrogen) atoms. The van der Waals surface area contributed by atoms with Crippen LogP contribution in [0.2, 0.25) is 0 Å². The van der Waals surface area contributed by atoms with Crippen molar-refractivity contribution in [1.82, 2.24) is 14.7 Å². The molecule has 176 valence electrons. The lowest BCUT2D eigenvalue weighted by Gasteiger charge is -2.38. The number of hydrogen-bond donors (Lipinski definition) is 2. The van der Waals surface area contributed by atoms with Crippen LogP contribution in [0.1, 0.15) is 37.8 Å². The largest absolute Gasteiger partial charge is 0.330 e. The minimum atomic E-state index is -0.719. The van der Waals surface area contributed by atoms with Crippen LogP contribution in [0.15, 0.2) is 29.2 Å². The number of nitrogens with zero attached hydrogens (tertiary/aromatic N) is 4. The van der Waals surface area contributed by atoms with Gasteiger partial charge in [0.05, 0.1) is 36.2 Å². The fourth-order valence-electron chi connectivity index (χ4n) is 5.83. The normalized spacial score (nSPS) is 32.1. The van der Waals surface area contributed by atoms with Gasteiger partial charge in [-0.25, -0.2) is 0 Å². The summed E-state index contributed by atoms with van der Waals surface area (Å²) < 4.78 is 4.66. The molecule has 0 spiro atoms. The Balaban J connectivity index is 1.19. The molecular weight excluding hydrogens is 444 g/mol. The first-order valence-electron chi connectivity index (χ1n) is 11.3. The van der Waals surface area contributed by atoms with Crippen LogP contribution < -0.4 is 11.6 Å². The number of nitrogens with two attached hydrogens (primary N) is 2. The number of rotatable bonds is 8. The predicted octanol–water partition coefficient (Wildman–Crippen LogP) is 0.702. The quantitative estimate of drug-likeness (QED) is 0.318. The Kier molecular flexibility index (Phi) is 6.07. The van der Waals surface area contributed by atoms with Crippen molar-refractivity contribution in [2.45, 2.75) is 67.3 Å². The highest BCUT2D eigenvalue weighted by Gasteiger charge is 2.56. The standard InChI is InChI=1S/C22H28N6O4S/c1-12(13-2-4-17(5-3-13)33-32-31-25)27-16-8-20(22(27)30)26(10-16)11-18(24)21(29)28-15(9-23)6-14-7-19(14)28/h2-5,12,14-16,18-20H,6-8,10-11,24-25H2,1H3/t12-,14-,15+,16+,18+,19?,20+/m1/s1. The second-order valence-electron chi connectivity index (χ2n) is 9.39. The molecule has 3 heterocycles. The third-order valence-electron chi connectivity index (χ3n) is 7.52. The van der Waals surface area contributed by atoms with Gasteiger partial charge in [0.15, 0.2) is 0 Å². The zero-order chi connectivity index (χ0) is 23.3. The zero-order valence-corrected chi connectivity index (χ0v) is 19.2. The van der Waals surface area contributed by atoms with Crippen molar-refractivity contribution in [3.63, 3.8) is 0 Å². The summed E-state index contributed by atoms with van der Waals surface area (Å²) in [5, 5.41) is 9.38. The number of amides is 2. The Bertz CT molecular complexity index is 971. The molecule has 4 aliphatic rings.